The Morgan fingerprint density at radius 2 is 1.88 bits per heavy atom. The fraction of sp³-hybridized carbons (Fsp3) is 0.600. The Kier molecular flexibility index (Phi) is 5.75. The van der Waals surface area contributed by atoms with E-state index in [9.17, 15) is 0 Å². The third-order valence-corrected chi connectivity index (χ3v) is 6.25. The van der Waals surface area contributed by atoms with E-state index in [-0.39, 0.29) is 5.41 Å². The van der Waals surface area contributed by atoms with Crippen molar-refractivity contribution in [2.45, 2.75) is 70.6 Å². The van der Waals surface area contributed by atoms with Gasteiger partial charge in [-0.15, -0.1) is 5.10 Å². The Labute approximate surface area is 154 Å². The Balaban J connectivity index is 1.88. The Bertz CT molecular complexity index is 643. The largest absolute Gasteiger partial charge is 0.220 e. The summed E-state index contributed by atoms with van der Waals surface area (Å²) in [5, 5.41) is 9.05. The monoisotopic (exact) mass is 389 g/mol. The molecule has 1 atom stereocenters. The van der Waals surface area contributed by atoms with Gasteiger partial charge in [0.1, 0.15) is 0 Å². The number of unbranched alkanes of at least 4 members (excludes halogenated alkanes) is 1. The minimum absolute atomic E-state index is 0.157. The molecule has 1 aromatic carbocycles. The van der Waals surface area contributed by atoms with E-state index in [2.05, 4.69) is 58.4 Å². The van der Waals surface area contributed by atoms with Gasteiger partial charge in [-0.3, -0.25) is 0 Å². The van der Waals surface area contributed by atoms with Gasteiger partial charge in [0.25, 0.3) is 0 Å². The molecule has 1 aliphatic rings. The predicted octanol–water partition coefficient (Wildman–Crippen LogP) is 6.06. The molecule has 0 aliphatic heterocycles. The maximum atomic E-state index is 4.62. The van der Waals surface area contributed by atoms with Gasteiger partial charge in [-0.2, -0.15) is 0 Å². The van der Waals surface area contributed by atoms with E-state index in [1.54, 1.807) is 0 Å². The lowest BCUT2D eigenvalue weighted by molar-refractivity contribution is 0.197. The summed E-state index contributed by atoms with van der Waals surface area (Å²) in [6.45, 7) is 4.70. The first-order valence-corrected chi connectivity index (χ1v) is 10.1. The van der Waals surface area contributed by atoms with Crippen LogP contribution in [0.1, 0.15) is 70.9 Å². The number of nitrogens with zero attached hydrogens (tertiary/aromatic N) is 3. The van der Waals surface area contributed by atoms with E-state index in [0.717, 1.165) is 16.1 Å². The lowest BCUT2D eigenvalue weighted by atomic mass is 9.66. The van der Waals surface area contributed by atoms with Crippen LogP contribution >= 0.6 is 15.9 Å². The summed E-state index contributed by atoms with van der Waals surface area (Å²) < 4.78 is 3.01. The topological polar surface area (TPSA) is 30.7 Å². The van der Waals surface area contributed by atoms with Crippen LogP contribution in [0, 0.1) is 5.92 Å². The third-order valence-electron chi connectivity index (χ3n) is 5.73. The van der Waals surface area contributed by atoms with Crippen molar-refractivity contribution in [2.75, 3.05) is 0 Å². The van der Waals surface area contributed by atoms with Crippen LogP contribution in [0.2, 0.25) is 0 Å². The predicted molar refractivity (Wildman–Crippen MR) is 103 cm³/mol. The molecule has 1 aliphatic carbocycles. The van der Waals surface area contributed by atoms with Crippen molar-refractivity contribution in [1.82, 2.24) is 15.0 Å². The zero-order valence-electron chi connectivity index (χ0n) is 14.8. The number of benzene rings is 1. The van der Waals surface area contributed by atoms with Gasteiger partial charge in [0, 0.05) is 9.89 Å². The molecule has 1 saturated carbocycles. The average molecular weight is 390 g/mol. The SMILES string of the molecule is CCCC[C@](C)(c1cn(-c2ccc(Br)cc2)nn1)C1CCCCC1. The van der Waals surface area contributed by atoms with Crippen molar-refractivity contribution >= 4 is 15.9 Å². The molecular formula is C20H28BrN3. The molecule has 1 aromatic heterocycles. The molecule has 0 spiro atoms. The normalized spacial score (nSPS) is 18.5. The second-order valence-electron chi connectivity index (χ2n) is 7.38. The number of aromatic nitrogens is 3. The first kappa shape index (κ1) is 17.7. The number of halogens is 1. The molecule has 3 rings (SSSR count). The van der Waals surface area contributed by atoms with Crippen LogP contribution in [-0.4, -0.2) is 15.0 Å². The minimum Gasteiger partial charge on any atom is -0.220 e. The molecule has 1 fully saturated rings. The van der Waals surface area contributed by atoms with Crippen LogP contribution in [0.3, 0.4) is 0 Å². The highest BCUT2D eigenvalue weighted by Gasteiger charge is 2.38. The van der Waals surface area contributed by atoms with Crippen molar-refractivity contribution in [3.8, 4) is 5.69 Å². The summed E-state index contributed by atoms with van der Waals surface area (Å²) in [6, 6.07) is 8.25. The summed E-state index contributed by atoms with van der Waals surface area (Å²) >= 11 is 3.49. The van der Waals surface area contributed by atoms with E-state index < -0.39 is 0 Å². The number of hydrogen-bond acceptors (Lipinski definition) is 2. The summed E-state index contributed by atoms with van der Waals surface area (Å²) in [4.78, 5) is 0. The fourth-order valence-electron chi connectivity index (χ4n) is 4.07. The van der Waals surface area contributed by atoms with Gasteiger partial charge < -0.3 is 0 Å². The standard InChI is InChI=1S/C20H28BrN3/c1-3-4-14-20(2,16-8-6-5-7-9-16)19-15-24(23-22-19)18-12-10-17(21)11-13-18/h10-13,15-16H,3-9,14H2,1-2H3/t20-/m0/s1. The molecule has 0 amide bonds. The number of rotatable bonds is 6. The second kappa shape index (κ2) is 7.81. The molecule has 24 heavy (non-hydrogen) atoms. The molecule has 0 unspecified atom stereocenters. The van der Waals surface area contributed by atoms with E-state index in [1.165, 1.54) is 57.1 Å². The Hall–Kier alpha value is -1.16. The highest BCUT2D eigenvalue weighted by Crippen LogP contribution is 2.43. The van der Waals surface area contributed by atoms with Gasteiger partial charge in [0.05, 0.1) is 17.6 Å². The van der Waals surface area contributed by atoms with Crippen LogP contribution in [0.15, 0.2) is 34.9 Å². The van der Waals surface area contributed by atoms with Crippen molar-refractivity contribution in [3.05, 3.63) is 40.6 Å². The Morgan fingerprint density at radius 1 is 1.17 bits per heavy atom. The van der Waals surface area contributed by atoms with E-state index in [1.807, 2.05) is 16.8 Å². The van der Waals surface area contributed by atoms with E-state index in [4.69, 9.17) is 0 Å². The molecule has 0 bridgehead atoms. The number of hydrogen-bond donors (Lipinski definition) is 0. The molecule has 1 heterocycles. The third kappa shape index (κ3) is 3.74. The summed E-state index contributed by atoms with van der Waals surface area (Å²) in [7, 11) is 0. The first-order chi connectivity index (χ1) is 11.6. The van der Waals surface area contributed by atoms with Crippen molar-refractivity contribution in [3.63, 3.8) is 0 Å². The average Bonchev–Trinajstić information content (AvgIpc) is 3.12. The van der Waals surface area contributed by atoms with Gasteiger partial charge in [-0.1, -0.05) is 67.1 Å². The molecule has 0 radical (unpaired) electrons. The highest BCUT2D eigenvalue weighted by atomic mass is 79.9. The lowest BCUT2D eigenvalue weighted by Crippen LogP contribution is -2.34. The molecule has 0 saturated heterocycles. The zero-order valence-corrected chi connectivity index (χ0v) is 16.4. The molecule has 4 heteroatoms. The first-order valence-electron chi connectivity index (χ1n) is 9.32. The summed E-state index contributed by atoms with van der Waals surface area (Å²) in [5.41, 5.74) is 2.40. The van der Waals surface area contributed by atoms with Gasteiger partial charge in [0.2, 0.25) is 0 Å². The molecule has 0 N–H and O–H groups in total. The van der Waals surface area contributed by atoms with Crippen molar-refractivity contribution < 1.29 is 0 Å². The van der Waals surface area contributed by atoms with Crippen LogP contribution in [-0.2, 0) is 5.41 Å². The summed E-state index contributed by atoms with van der Waals surface area (Å²) in [6.07, 6.45) is 12.7. The van der Waals surface area contributed by atoms with Gasteiger partial charge in [-0.05, 0) is 49.4 Å². The maximum absolute atomic E-state index is 4.62. The van der Waals surface area contributed by atoms with Gasteiger partial charge >= 0.3 is 0 Å². The van der Waals surface area contributed by atoms with E-state index in [0.29, 0.717) is 0 Å². The Morgan fingerprint density at radius 3 is 2.54 bits per heavy atom. The van der Waals surface area contributed by atoms with Gasteiger partial charge in [0.15, 0.2) is 0 Å². The highest BCUT2D eigenvalue weighted by molar-refractivity contribution is 9.10. The summed E-state index contributed by atoms with van der Waals surface area (Å²) in [5.74, 6) is 0.743. The van der Waals surface area contributed by atoms with Crippen LogP contribution < -0.4 is 0 Å². The maximum Gasteiger partial charge on any atom is 0.0893 e. The van der Waals surface area contributed by atoms with Crippen LogP contribution in [0.25, 0.3) is 5.69 Å². The van der Waals surface area contributed by atoms with Crippen LogP contribution in [0.4, 0.5) is 0 Å². The lowest BCUT2D eigenvalue weighted by Gasteiger charge is -2.38. The quantitative estimate of drug-likeness (QED) is 0.600. The van der Waals surface area contributed by atoms with Gasteiger partial charge in [-0.25, -0.2) is 4.68 Å². The van der Waals surface area contributed by atoms with E-state index >= 15 is 0 Å². The molecule has 2 aromatic rings. The van der Waals surface area contributed by atoms with Crippen molar-refractivity contribution in [2.24, 2.45) is 5.92 Å². The smallest absolute Gasteiger partial charge is 0.0893 e. The second-order valence-corrected chi connectivity index (χ2v) is 8.30. The van der Waals surface area contributed by atoms with Crippen LogP contribution in [0.5, 0.6) is 0 Å². The fourth-order valence-corrected chi connectivity index (χ4v) is 4.33. The molecule has 130 valence electrons. The van der Waals surface area contributed by atoms with Crippen molar-refractivity contribution in [1.29, 1.82) is 0 Å². The molecule has 3 nitrogen and oxygen atoms in total. The molecular weight excluding hydrogens is 362 g/mol. The minimum atomic E-state index is 0.157. The zero-order chi connectivity index (χ0) is 17.0.